The molecule has 29 heavy (non-hydrogen) atoms. The summed E-state index contributed by atoms with van der Waals surface area (Å²) in [7, 11) is 1.31. The molecule has 3 amide bonds. The van der Waals surface area contributed by atoms with Crippen molar-refractivity contribution >= 4 is 23.6 Å². The Kier molecular flexibility index (Phi) is 6.01. The van der Waals surface area contributed by atoms with E-state index in [-0.39, 0.29) is 11.8 Å². The Morgan fingerprint density at radius 1 is 1.28 bits per heavy atom. The summed E-state index contributed by atoms with van der Waals surface area (Å²) in [5.41, 5.74) is 2.06. The molecule has 1 aliphatic heterocycles. The molecule has 0 saturated carbocycles. The molecule has 2 heterocycles. The number of nitrogens with zero attached hydrogens (tertiary/aromatic N) is 1. The van der Waals surface area contributed by atoms with Crippen molar-refractivity contribution in [1.82, 2.24) is 10.2 Å². The van der Waals surface area contributed by atoms with E-state index in [1.165, 1.54) is 18.3 Å². The van der Waals surface area contributed by atoms with Gasteiger partial charge in [0.15, 0.2) is 5.76 Å². The van der Waals surface area contributed by atoms with E-state index in [0.29, 0.717) is 29.1 Å². The predicted molar refractivity (Wildman–Crippen MR) is 106 cm³/mol. The quantitative estimate of drug-likeness (QED) is 0.727. The zero-order valence-electron chi connectivity index (χ0n) is 16.5. The molecule has 1 aromatic heterocycles. The van der Waals surface area contributed by atoms with Crippen LogP contribution in [-0.2, 0) is 9.53 Å². The normalized spacial score (nSPS) is 16.4. The maximum absolute atomic E-state index is 12.6. The first-order valence-corrected chi connectivity index (χ1v) is 9.28. The van der Waals surface area contributed by atoms with Gasteiger partial charge in [0.05, 0.1) is 25.0 Å². The van der Waals surface area contributed by atoms with Gasteiger partial charge in [-0.1, -0.05) is 19.1 Å². The zero-order valence-corrected chi connectivity index (χ0v) is 16.5. The molecule has 0 saturated heterocycles. The average Bonchev–Trinajstić information content (AvgIpc) is 3.25. The summed E-state index contributed by atoms with van der Waals surface area (Å²) < 4.78 is 10.1. The molecular formula is C21H23N3O5. The largest absolute Gasteiger partial charge is 0.466 e. The number of amides is 3. The van der Waals surface area contributed by atoms with Crippen LogP contribution in [0.4, 0.5) is 10.5 Å². The molecule has 152 valence electrons. The molecule has 1 atom stereocenters. The van der Waals surface area contributed by atoms with Gasteiger partial charge in [-0.25, -0.2) is 9.59 Å². The number of ether oxygens (including phenoxy) is 1. The van der Waals surface area contributed by atoms with Gasteiger partial charge in [-0.15, -0.1) is 0 Å². The van der Waals surface area contributed by atoms with Crippen LogP contribution in [0, 0.1) is 0 Å². The van der Waals surface area contributed by atoms with Crippen molar-refractivity contribution in [3.8, 4) is 0 Å². The molecule has 0 aliphatic carbocycles. The van der Waals surface area contributed by atoms with E-state index < -0.39 is 17.9 Å². The summed E-state index contributed by atoms with van der Waals surface area (Å²) in [6, 6.07) is 9.15. The number of benzene rings is 1. The molecule has 0 fully saturated rings. The first-order valence-electron chi connectivity index (χ1n) is 9.28. The number of carbonyl (C=O) groups is 3. The van der Waals surface area contributed by atoms with Crippen molar-refractivity contribution in [3.05, 3.63) is 65.3 Å². The number of hydrogen-bond donors (Lipinski definition) is 2. The first-order chi connectivity index (χ1) is 14.0. The van der Waals surface area contributed by atoms with Gasteiger partial charge >= 0.3 is 12.0 Å². The molecular weight excluding hydrogens is 374 g/mol. The maximum Gasteiger partial charge on any atom is 0.337 e. The number of carbonyl (C=O) groups excluding carboxylic acids is 3. The van der Waals surface area contributed by atoms with Crippen LogP contribution in [0.25, 0.3) is 0 Å². The van der Waals surface area contributed by atoms with Crippen LogP contribution in [-0.4, -0.2) is 36.5 Å². The van der Waals surface area contributed by atoms with Crippen molar-refractivity contribution in [2.75, 3.05) is 19.0 Å². The van der Waals surface area contributed by atoms with Gasteiger partial charge in [0.2, 0.25) is 0 Å². The van der Waals surface area contributed by atoms with Gasteiger partial charge in [-0.2, -0.15) is 0 Å². The second-order valence-electron chi connectivity index (χ2n) is 6.58. The minimum absolute atomic E-state index is 0.183. The van der Waals surface area contributed by atoms with Crippen LogP contribution in [0.3, 0.4) is 0 Å². The lowest BCUT2D eigenvalue weighted by Crippen LogP contribution is -2.48. The van der Waals surface area contributed by atoms with Gasteiger partial charge in [0.25, 0.3) is 5.91 Å². The van der Waals surface area contributed by atoms with Crippen molar-refractivity contribution in [2.24, 2.45) is 0 Å². The maximum atomic E-state index is 12.6. The number of furan rings is 1. The summed E-state index contributed by atoms with van der Waals surface area (Å²) in [5.74, 6) is -0.727. The lowest BCUT2D eigenvalue weighted by atomic mass is 9.94. The van der Waals surface area contributed by atoms with Crippen LogP contribution in [0.2, 0.25) is 0 Å². The van der Waals surface area contributed by atoms with Crippen molar-refractivity contribution in [3.63, 3.8) is 0 Å². The number of anilines is 1. The SMILES string of the molecule is CCCN1C(=O)NC(c2cccc(NC(=O)c3ccco3)c2)C(C(=O)OC)=C1C. The predicted octanol–water partition coefficient (Wildman–Crippen LogP) is 3.46. The highest BCUT2D eigenvalue weighted by Crippen LogP contribution is 2.32. The van der Waals surface area contributed by atoms with Gasteiger partial charge < -0.3 is 19.8 Å². The fourth-order valence-electron chi connectivity index (χ4n) is 3.29. The molecule has 2 aromatic rings. The smallest absolute Gasteiger partial charge is 0.337 e. The van der Waals surface area contributed by atoms with Gasteiger partial charge in [-0.05, 0) is 43.2 Å². The van der Waals surface area contributed by atoms with Crippen molar-refractivity contribution in [2.45, 2.75) is 26.3 Å². The summed E-state index contributed by atoms with van der Waals surface area (Å²) in [6.07, 6.45) is 2.17. The Bertz CT molecular complexity index is 949. The topological polar surface area (TPSA) is 101 Å². The van der Waals surface area contributed by atoms with Crippen LogP contribution < -0.4 is 10.6 Å². The summed E-state index contributed by atoms with van der Waals surface area (Å²) >= 11 is 0. The van der Waals surface area contributed by atoms with Gasteiger partial charge in [0.1, 0.15) is 0 Å². The van der Waals surface area contributed by atoms with E-state index in [4.69, 9.17) is 9.15 Å². The second-order valence-corrected chi connectivity index (χ2v) is 6.58. The lowest BCUT2D eigenvalue weighted by molar-refractivity contribution is -0.136. The van der Waals surface area contributed by atoms with E-state index in [1.807, 2.05) is 6.92 Å². The number of nitrogens with one attached hydrogen (secondary N) is 2. The molecule has 1 aromatic carbocycles. The number of methoxy groups -OCH3 is 1. The monoisotopic (exact) mass is 397 g/mol. The van der Waals surface area contributed by atoms with Crippen molar-refractivity contribution in [1.29, 1.82) is 0 Å². The highest BCUT2D eigenvalue weighted by atomic mass is 16.5. The third-order valence-corrected chi connectivity index (χ3v) is 4.67. The van der Waals surface area contributed by atoms with E-state index in [9.17, 15) is 14.4 Å². The first kappa shape index (κ1) is 20.2. The summed E-state index contributed by atoms with van der Waals surface area (Å²) in [5, 5.41) is 5.61. The molecule has 0 spiro atoms. The fourth-order valence-corrected chi connectivity index (χ4v) is 3.29. The van der Waals surface area contributed by atoms with E-state index in [2.05, 4.69) is 10.6 Å². The number of esters is 1. The lowest BCUT2D eigenvalue weighted by Gasteiger charge is -2.35. The Balaban J connectivity index is 1.94. The molecule has 8 nitrogen and oxygen atoms in total. The Morgan fingerprint density at radius 3 is 2.72 bits per heavy atom. The number of hydrogen-bond acceptors (Lipinski definition) is 5. The third kappa shape index (κ3) is 4.16. The third-order valence-electron chi connectivity index (χ3n) is 4.67. The Morgan fingerprint density at radius 2 is 2.07 bits per heavy atom. The van der Waals surface area contributed by atoms with Crippen LogP contribution in [0.1, 0.15) is 42.4 Å². The molecule has 2 N–H and O–H groups in total. The minimum Gasteiger partial charge on any atom is -0.466 e. The van der Waals surface area contributed by atoms with Crippen LogP contribution in [0.5, 0.6) is 0 Å². The fraction of sp³-hybridized carbons (Fsp3) is 0.286. The Labute approximate surface area is 168 Å². The zero-order chi connectivity index (χ0) is 21.0. The van der Waals surface area contributed by atoms with E-state index in [1.54, 1.807) is 43.3 Å². The molecule has 0 bridgehead atoms. The number of rotatable bonds is 6. The summed E-state index contributed by atoms with van der Waals surface area (Å²) in [6.45, 7) is 4.18. The number of urea groups is 1. The van der Waals surface area contributed by atoms with E-state index >= 15 is 0 Å². The second kappa shape index (κ2) is 8.64. The number of allylic oxidation sites excluding steroid dienone is 1. The van der Waals surface area contributed by atoms with Gasteiger partial charge in [-0.3, -0.25) is 9.69 Å². The highest BCUT2D eigenvalue weighted by molar-refractivity contribution is 6.02. The summed E-state index contributed by atoms with van der Waals surface area (Å²) in [4.78, 5) is 38.9. The van der Waals surface area contributed by atoms with Crippen LogP contribution in [0.15, 0.2) is 58.3 Å². The molecule has 3 rings (SSSR count). The minimum atomic E-state index is -0.691. The van der Waals surface area contributed by atoms with Crippen LogP contribution >= 0.6 is 0 Å². The molecule has 0 radical (unpaired) electrons. The molecule has 1 unspecified atom stereocenters. The highest BCUT2D eigenvalue weighted by Gasteiger charge is 2.36. The van der Waals surface area contributed by atoms with E-state index in [0.717, 1.165) is 6.42 Å². The molecule has 1 aliphatic rings. The standard InChI is InChI=1S/C21H23N3O5/c1-4-10-24-13(2)17(20(26)28-3)18(23-21(24)27)14-7-5-8-15(12-14)22-19(25)16-9-6-11-29-16/h5-9,11-12,18H,4,10H2,1-3H3,(H,22,25)(H,23,27). The van der Waals surface area contributed by atoms with Crippen molar-refractivity contribution < 1.29 is 23.5 Å². The van der Waals surface area contributed by atoms with Gasteiger partial charge in [0, 0.05) is 17.9 Å². The Hall–Kier alpha value is -3.55. The molecule has 8 heteroatoms. The average molecular weight is 397 g/mol.